The SMILES string of the molecule is CCOC(=O)C[C@H]1C[C@@H](O)[C@H](C)[C@@H](C(C)OCc2ccccc2)O1. The molecular weight excluding hydrogens is 308 g/mol. The van der Waals surface area contributed by atoms with Crippen molar-refractivity contribution in [3.05, 3.63) is 35.9 Å². The first kappa shape index (κ1) is 18.9. The van der Waals surface area contributed by atoms with E-state index in [0.717, 1.165) is 5.56 Å². The summed E-state index contributed by atoms with van der Waals surface area (Å²) in [6, 6.07) is 9.94. The zero-order chi connectivity index (χ0) is 17.5. The quantitative estimate of drug-likeness (QED) is 0.776. The van der Waals surface area contributed by atoms with Crippen molar-refractivity contribution >= 4 is 5.97 Å². The number of rotatable bonds is 7. The lowest BCUT2D eigenvalue weighted by Gasteiger charge is -2.40. The number of ether oxygens (including phenoxy) is 3. The molecule has 0 aliphatic carbocycles. The minimum atomic E-state index is -0.508. The Kier molecular flexibility index (Phi) is 7.21. The van der Waals surface area contributed by atoms with Crippen LogP contribution in [0.25, 0.3) is 0 Å². The molecule has 1 heterocycles. The second kappa shape index (κ2) is 9.16. The third-order valence-electron chi connectivity index (χ3n) is 4.50. The molecule has 134 valence electrons. The van der Waals surface area contributed by atoms with Crippen LogP contribution in [0.4, 0.5) is 0 Å². The number of carbonyl (C=O) groups excluding carboxylic acids is 1. The van der Waals surface area contributed by atoms with Crippen molar-refractivity contribution in [2.75, 3.05) is 6.61 Å². The van der Waals surface area contributed by atoms with Gasteiger partial charge in [0.05, 0.1) is 44.1 Å². The average Bonchev–Trinajstić information content (AvgIpc) is 2.57. The van der Waals surface area contributed by atoms with Crippen LogP contribution in [-0.2, 0) is 25.6 Å². The fourth-order valence-corrected chi connectivity index (χ4v) is 3.08. The van der Waals surface area contributed by atoms with Gasteiger partial charge in [0.15, 0.2) is 0 Å². The Hall–Kier alpha value is -1.43. The van der Waals surface area contributed by atoms with Gasteiger partial charge in [0.1, 0.15) is 0 Å². The minimum absolute atomic E-state index is 0.0470. The number of esters is 1. The summed E-state index contributed by atoms with van der Waals surface area (Å²) in [5.41, 5.74) is 1.09. The molecule has 0 amide bonds. The van der Waals surface area contributed by atoms with Crippen LogP contribution >= 0.6 is 0 Å². The Morgan fingerprint density at radius 1 is 1.38 bits per heavy atom. The Morgan fingerprint density at radius 3 is 2.75 bits per heavy atom. The lowest BCUT2D eigenvalue weighted by Crippen LogP contribution is -2.49. The van der Waals surface area contributed by atoms with E-state index in [1.165, 1.54) is 0 Å². The first-order valence-electron chi connectivity index (χ1n) is 8.66. The maximum Gasteiger partial charge on any atom is 0.308 e. The van der Waals surface area contributed by atoms with Crippen molar-refractivity contribution in [3.63, 3.8) is 0 Å². The van der Waals surface area contributed by atoms with E-state index in [0.29, 0.717) is 19.6 Å². The van der Waals surface area contributed by atoms with E-state index in [9.17, 15) is 9.90 Å². The van der Waals surface area contributed by atoms with Gasteiger partial charge in [0.2, 0.25) is 0 Å². The van der Waals surface area contributed by atoms with E-state index in [4.69, 9.17) is 14.2 Å². The molecule has 1 saturated heterocycles. The molecule has 1 N–H and O–H groups in total. The summed E-state index contributed by atoms with van der Waals surface area (Å²) in [5.74, 6) is -0.338. The molecule has 0 aromatic heterocycles. The largest absolute Gasteiger partial charge is 0.466 e. The molecule has 0 radical (unpaired) electrons. The fraction of sp³-hybridized carbons (Fsp3) is 0.632. The van der Waals surface area contributed by atoms with Gasteiger partial charge in [-0.3, -0.25) is 4.79 Å². The molecule has 1 aliphatic heterocycles. The van der Waals surface area contributed by atoms with Gasteiger partial charge < -0.3 is 19.3 Å². The topological polar surface area (TPSA) is 65.0 Å². The Morgan fingerprint density at radius 2 is 2.08 bits per heavy atom. The molecule has 0 spiro atoms. The summed E-state index contributed by atoms with van der Waals surface area (Å²) in [7, 11) is 0. The van der Waals surface area contributed by atoms with Crippen molar-refractivity contribution in [2.45, 2.75) is 64.6 Å². The number of hydrogen-bond acceptors (Lipinski definition) is 5. The molecule has 0 saturated carbocycles. The second-order valence-electron chi connectivity index (χ2n) is 6.40. The van der Waals surface area contributed by atoms with Crippen LogP contribution in [0.5, 0.6) is 0 Å². The van der Waals surface area contributed by atoms with Gasteiger partial charge in [-0.25, -0.2) is 0 Å². The van der Waals surface area contributed by atoms with Gasteiger partial charge in [-0.1, -0.05) is 37.3 Å². The van der Waals surface area contributed by atoms with Gasteiger partial charge in [0, 0.05) is 12.3 Å². The molecule has 24 heavy (non-hydrogen) atoms. The molecule has 1 fully saturated rings. The predicted molar refractivity (Wildman–Crippen MR) is 90.4 cm³/mol. The molecule has 5 heteroatoms. The Labute approximate surface area is 143 Å². The normalized spacial score (nSPS) is 28.3. The lowest BCUT2D eigenvalue weighted by atomic mass is 9.87. The number of aliphatic hydroxyl groups excluding tert-OH is 1. The van der Waals surface area contributed by atoms with Crippen LogP contribution in [0.2, 0.25) is 0 Å². The van der Waals surface area contributed by atoms with Crippen LogP contribution in [0.3, 0.4) is 0 Å². The molecule has 1 aromatic rings. The highest BCUT2D eigenvalue weighted by atomic mass is 16.6. The third kappa shape index (κ3) is 5.30. The van der Waals surface area contributed by atoms with E-state index in [1.54, 1.807) is 6.92 Å². The van der Waals surface area contributed by atoms with Gasteiger partial charge in [-0.2, -0.15) is 0 Å². The zero-order valence-corrected chi connectivity index (χ0v) is 14.7. The third-order valence-corrected chi connectivity index (χ3v) is 4.50. The molecular formula is C19H28O5. The molecule has 5 atom stereocenters. The summed E-state index contributed by atoms with van der Waals surface area (Å²) in [6.07, 6.45) is -0.660. The van der Waals surface area contributed by atoms with Crippen molar-refractivity contribution in [1.82, 2.24) is 0 Å². The molecule has 2 rings (SSSR count). The molecule has 1 aromatic carbocycles. The highest BCUT2D eigenvalue weighted by Gasteiger charge is 2.39. The Bertz CT molecular complexity index is 504. The van der Waals surface area contributed by atoms with Gasteiger partial charge in [-0.05, 0) is 19.4 Å². The first-order valence-corrected chi connectivity index (χ1v) is 8.66. The van der Waals surface area contributed by atoms with Gasteiger partial charge in [-0.15, -0.1) is 0 Å². The van der Waals surface area contributed by atoms with Crippen molar-refractivity contribution in [3.8, 4) is 0 Å². The number of aliphatic hydroxyl groups is 1. The summed E-state index contributed by atoms with van der Waals surface area (Å²) in [5, 5.41) is 10.3. The summed E-state index contributed by atoms with van der Waals surface area (Å²) in [6.45, 7) is 6.53. The average molecular weight is 336 g/mol. The number of carbonyl (C=O) groups is 1. The number of benzene rings is 1. The summed E-state index contributed by atoms with van der Waals surface area (Å²) in [4.78, 5) is 11.7. The van der Waals surface area contributed by atoms with Crippen LogP contribution in [0.15, 0.2) is 30.3 Å². The fourth-order valence-electron chi connectivity index (χ4n) is 3.08. The van der Waals surface area contributed by atoms with Crippen LogP contribution in [-0.4, -0.2) is 42.1 Å². The smallest absolute Gasteiger partial charge is 0.308 e. The summed E-state index contributed by atoms with van der Waals surface area (Å²) < 4.78 is 17.0. The zero-order valence-electron chi connectivity index (χ0n) is 14.7. The van der Waals surface area contributed by atoms with Crippen molar-refractivity contribution in [2.24, 2.45) is 5.92 Å². The number of hydrogen-bond donors (Lipinski definition) is 1. The maximum absolute atomic E-state index is 11.7. The van der Waals surface area contributed by atoms with E-state index in [-0.39, 0.29) is 36.6 Å². The molecule has 1 unspecified atom stereocenters. The van der Waals surface area contributed by atoms with Crippen LogP contribution in [0, 0.1) is 5.92 Å². The lowest BCUT2D eigenvalue weighted by molar-refractivity contribution is -0.185. The Balaban J connectivity index is 1.91. The first-order chi connectivity index (χ1) is 11.5. The molecule has 1 aliphatic rings. The van der Waals surface area contributed by atoms with Crippen LogP contribution < -0.4 is 0 Å². The van der Waals surface area contributed by atoms with E-state index in [2.05, 4.69) is 0 Å². The van der Waals surface area contributed by atoms with E-state index >= 15 is 0 Å². The predicted octanol–water partition coefficient (Wildman–Crippen LogP) is 2.70. The van der Waals surface area contributed by atoms with E-state index in [1.807, 2.05) is 44.2 Å². The highest BCUT2D eigenvalue weighted by Crippen LogP contribution is 2.30. The van der Waals surface area contributed by atoms with Crippen LogP contribution in [0.1, 0.15) is 39.2 Å². The summed E-state index contributed by atoms with van der Waals surface area (Å²) >= 11 is 0. The minimum Gasteiger partial charge on any atom is -0.466 e. The molecule has 5 nitrogen and oxygen atoms in total. The monoisotopic (exact) mass is 336 g/mol. The van der Waals surface area contributed by atoms with Crippen molar-refractivity contribution < 1.29 is 24.1 Å². The standard InChI is InChI=1S/C19H28O5/c1-4-22-18(21)11-16-10-17(20)13(2)19(24-16)14(3)23-12-15-8-6-5-7-9-15/h5-9,13-14,16-17,19-20H,4,10-12H2,1-3H3/t13-,14?,16+,17+,19-/m0/s1. The van der Waals surface area contributed by atoms with E-state index < -0.39 is 6.10 Å². The van der Waals surface area contributed by atoms with Gasteiger partial charge >= 0.3 is 5.97 Å². The van der Waals surface area contributed by atoms with Crippen molar-refractivity contribution in [1.29, 1.82) is 0 Å². The highest BCUT2D eigenvalue weighted by molar-refractivity contribution is 5.69. The maximum atomic E-state index is 11.7. The second-order valence-corrected chi connectivity index (χ2v) is 6.40. The van der Waals surface area contributed by atoms with Gasteiger partial charge in [0.25, 0.3) is 0 Å². The molecule has 0 bridgehead atoms.